The number of nitrogens with zero attached hydrogens (tertiary/aromatic N) is 1. The Morgan fingerprint density at radius 2 is 2.29 bits per heavy atom. The summed E-state index contributed by atoms with van der Waals surface area (Å²) in [4.78, 5) is 25.5. The molecule has 1 aromatic rings. The van der Waals surface area contributed by atoms with Crippen LogP contribution in [0.2, 0.25) is 0 Å². The molecule has 1 aliphatic heterocycles. The van der Waals surface area contributed by atoms with Crippen LogP contribution >= 0.6 is 0 Å². The van der Waals surface area contributed by atoms with E-state index in [9.17, 15) is 14.0 Å². The minimum absolute atomic E-state index is 0.182. The van der Waals surface area contributed by atoms with Gasteiger partial charge in [0.05, 0.1) is 14.2 Å². The third kappa shape index (κ3) is 3.69. The fourth-order valence-corrected chi connectivity index (χ4v) is 2.29. The highest BCUT2D eigenvalue weighted by atomic mass is 19.1. The Bertz CT molecular complexity index is 550. The number of carbonyl (C=O) groups excluding carboxylic acids is 2. The molecule has 0 spiro atoms. The first-order valence-corrected chi connectivity index (χ1v) is 6.73. The van der Waals surface area contributed by atoms with Crippen molar-refractivity contribution >= 4 is 11.9 Å². The average Bonchev–Trinajstić information content (AvgIpc) is 2.85. The van der Waals surface area contributed by atoms with E-state index >= 15 is 0 Å². The molecule has 0 saturated carbocycles. The molecule has 7 heteroatoms. The summed E-state index contributed by atoms with van der Waals surface area (Å²) in [6, 6.07) is 4.38. The van der Waals surface area contributed by atoms with Gasteiger partial charge in [0.25, 0.3) is 5.91 Å². The van der Waals surface area contributed by atoms with Gasteiger partial charge in [0.2, 0.25) is 0 Å². The highest BCUT2D eigenvalue weighted by Crippen LogP contribution is 2.17. The minimum Gasteiger partial charge on any atom is -0.494 e. The van der Waals surface area contributed by atoms with Crippen LogP contribution in [0.4, 0.5) is 9.18 Å². The average molecular weight is 296 g/mol. The van der Waals surface area contributed by atoms with Gasteiger partial charge < -0.3 is 15.0 Å². The van der Waals surface area contributed by atoms with Gasteiger partial charge in [-0.3, -0.25) is 9.69 Å². The topological polar surface area (TPSA) is 63.1 Å². The molecule has 1 aliphatic rings. The molecular formula is C14H19FN3O3+. The maximum absolute atomic E-state index is 13.6. The van der Waals surface area contributed by atoms with Gasteiger partial charge in [-0.05, 0) is 18.2 Å². The molecule has 0 radical (unpaired) electrons. The Labute approximate surface area is 122 Å². The lowest BCUT2D eigenvalue weighted by Gasteiger charge is -2.17. The summed E-state index contributed by atoms with van der Waals surface area (Å²) in [6.07, 6.45) is 0. The van der Waals surface area contributed by atoms with E-state index in [-0.39, 0.29) is 24.2 Å². The molecule has 6 nitrogen and oxygen atoms in total. The number of ether oxygens (including phenoxy) is 1. The van der Waals surface area contributed by atoms with Gasteiger partial charge in [0.1, 0.15) is 6.54 Å². The fraction of sp³-hybridized carbons (Fsp3) is 0.429. The van der Waals surface area contributed by atoms with Crippen LogP contribution in [0, 0.1) is 5.82 Å². The van der Waals surface area contributed by atoms with Gasteiger partial charge in [-0.2, -0.15) is 0 Å². The van der Waals surface area contributed by atoms with Crippen molar-refractivity contribution in [3.05, 3.63) is 29.6 Å². The van der Waals surface area contributed by atoms with Crippen molar-refractivity contribution in [1.29, 1.82) is 0 Å². The van der Waals surface area contributed by atoms with E-state index in [4.69, 9.17) is 4.74 Å². The van der Waals surface area contributed by atoms with E-state index < -0.39 is 5.82 Å². The lowest BCUT2D eigenvalue weighted by Crippen LogP contribution is -3.08. The lowest BCUT2D eigenvalue weighted by atomic mass is 10.2. The van der Waals surface area contributed by atoms with Gasteiger partial charge in [0.15, 0.2) is 18.1 Å². The van der Waals surface area contributed by atoms with Crippen LogP contribution in [0.15, 0.2) is 18.2 Å². The predicted molar refractivity (Wildman–Crippen MR) is 73.5 cm³/mol. The third-order valence-corrected chi connectivity index (χ3v) is 3.33. The summed E-state index contributed by atoms with van der Waals surface area (Å²) in [5, 5.41) is 2.59. The van der Waals surface area contributed by atoms with E-state index in [1.165, 1.54) is 18.1 Å². The SMILES string of the molecule is COc1ccc(C[NH+](C)CC(=O)N2CCNC2=O)cc1F. The number of methoxy groups -OCH3 is 1. The van der Waals surface area contributed by atoms with Crippen LogP contribution in [0.25, 0.3) is 0 Å². The zero-order chi connectivity index (χ0) is 15.4. The third-order valence-electron chi connectivity index (χ3n) is 3.33. The number of benzene rings is 1. The van der Waals surface area contributed by atoms with Crippen molar-refractivity contribution in [3.63, 3.8) is 0 Å². The number of rotatable bonds is 5. The Hall–Kier alpha value is -2.15. The van der Waals surface area contributed by atoms with Crippen molar-refractivity contribution in [2.24, 2.45) is 0 Å². The molecule has 1 fully saturated rings. The number of nitrogens with one attached hydrogen (secondary N) is 2. The smallest absolute Gasteiger partial charge is 0.324 e. The molecular weight excluding hydrogens is 277 g/mol. The summed E-state index contributed by atoms with van der Waals surface area (Å²) in [5.41, 5.74) is 0.768. The normalized spacial score (nSPS) is 15.8. The molecule has 0 aromatic heterocycles. The van der Waals surface area contributed by atoms with Gasteiger partial charge in [-0.1, -0.05) is 0 Å². The van der Waals surface area contributed by atoms with E-state index in [0.717, 1.165) is 10.5 Å². The molecule has 21 heavy (non-hydrogen) atoms. The van der Waals surface area contributed by atoms with Crippen LogP contribution in [0.1, 0.15) is 5.56 Å². The second kappa shape index (κ2) is 6.53. The second-order valence-corrected chi connectivity index (χ2v) is 5.06. The number of carbonyl (C=O) groups is 2. The highest BCUT2D eigenvalue weighted by molar-refractivity contribution is 5.96. The summed E-state index contributed by atoms with van der Waals surface area (Å²) in [5.74, 6) is -0.453. The van der Waals surface area contributed by atoms with Crippen molar-refractivity contribution in [2.75, 3.05) is 33.8 Å². The monoisotopic (exact) mass is 296 g/mol. The first-order valence-electron chi connectivity index (χ1n) is 6.73. The van der Waals surface area contributed by atoms with Gasteiger partial charge >= 0.3 is 6.03 Å². The second-order valence-electron chi connectivity index (χ2n) is 5.06. The Morgan fingerprint density at radius 3 is 2.86 bits per heavy atom. The van der Waals surface area contributed by atoms with Crippen molar-refractivity contribution in [2.45, 2.75) is 6.54 Å². The van der Waals surface area contributed by atoms with Crippen molar-refractivity contribution < 1.29 is 23.6 Å². The van der Waals surface area contributed by atoms with Crippen molar-refractivity contribution in [3.8, 4) is 5.75 Å². The maximum atomic E-state index is 13.6. The van der Waals surface area contributed by atoms with Crippen LogP contribution in [0.5, 0.6) is 5.75 Å². The zero-order valence-electron chi connectivity index (χ0n) is 12.1. The molecule has 1 saturated heterocycles. The summed E-state index contributed by atoms with van der Waals surface area (Å²) in [6.45, 7) is 1.57. The van der Waals surface area contributed by atoms with Crippen LogP contribution < -0.4 is 15.0 Å². The molecule has 2 rings (SSSR count). The van der Waals surface area contributed by atoms with Crippen LogP contribution in [-0.4, -0.2) is 50.6 Å². The number of halogens is 1. The molecule has 1 aromatic carbocycles. The van der Waals surface area contributed by atoms with Crippen molar-refractivity contribution in [1.82, 2.24) is 10.2 Å². The summed E-state index contributed by atoms with van der Waals surface area (Å²) >= 11 is 0. The standard InChI is InChI=1S/C14H18FN3O3/c1-17(9-13(19)18-6-5-16-14(18)20)8-10-3-4-12(21-2)11(15)7-10/h3-4,7H,5-6,8-9H2,1-2H3,(H,16,20)/p+1. The number of hydrogen-bond donors (Lipinski definition) is 2. The Balaban J connectivity index is 1.92. The first-order chi connectivity index (χ1) is 10.0. The van der Waals surface area contributed by atoms with E-state index in [2.05, 4.69) is 5.32 Å². The number of imide groups is 1. The first kappa shape index (κ1) is 15.2. The quantitative estimate of drug-likeness (QED) is 0.763. The zero-order valence-corrected chi connectivity index (χ0v) is 12.1. The van der Waals surface area contributed by atoms with Gasteiger partial charge in [0, 0.05) is 18.7 Å². The van der Waals surface area contributed by atoms with Crippen LogP contribution in [-0.2, 0) is 11.3 Å². The van der Waals surface area contributed by atoms with Crippen LogP contribution in [0.3, 0.4) is 0 Å². The minimum atomic E-state index is -0.423. The number of urea groups is 1. The van der Waals surface area contributed by atoms with Gasteiger partial charge in [-0.15, -0.1) is 0 Å². The molecule has 1 atom stereocenters. The summed E-state index contributed by atoms with van der Waals surface area (Å²) in [7, 11) is 3.24. The number of quaternary nitrogens is 1. The van der Waals surface area contributed by atoms with E-state index in [0.29, 0.717) is 19.6 Å². The number of amides is 3. The molecule has 3 amide bonds. The fourth-order valence-electron chi connectivity index (χ4n) is 2.29. The Morgan fingerprint density at radius 1 is 1.52 bits per heavy atom. The summed E-state index contributed by atoms with van der Waals surface area (Å²) < 4.78 is 18.5. The molecule has 1 heterocycles. The molecule has 1 unspecified atom stereocenters. The number of likely N-dealkylation sites (N-methyl/N-ethyl adjacent to an activating group) is 1. The molecule has 0 aliphatic carbocycles. The molecule has 2 N–H and O–H groups in total. The van der Waals surface area contributed by atoms with E-state index in [1.54, 1.807) is 12.1 Å². The lowest BCUT2D eigenvalue weighted by molar-refractivity contribution is -0.885. The molecule has 114 valence electrons. The highest BCUT2D eigenvalue weighted by Gasteiger charge is 2.28. The predicted octanol–water partition coefficient (Wildman–Crippen LogP) is -0.599. The Kier molecular flexibility index (Phi) is 4.74. The molecule has 0 bridgehead atoms. The van der Waals surface area contributed by atoms with Gasteiger partial charge in [-0.25, -0.2) is 9.18 Å². The largest absolute Gasteiger partial charge is 0.494 e. The van der Waals surface area contributed by atoms with E-state index in [1.807, 2.05) is 7.05 Å². The maximum Gasteiger partial charge on any atom is 0.324 e. The number of hydrogen-bond acceptors (Lipinski definition) is 3.